The van der Waals surface area contributed by atoms with Crippen LogP contribution in [0.15, 0.2) is 0 Å². The summed E-state index contributed by atoms with van der Waals surface area (Å²) >= 11 is 0. The number of rotatable bonds is 2. The van der Waals surface area contributed by atoms with E-state index in [2.05, 4.69) is 14.8 Å². The molecule has 2 aliphatic heterocycles. The van der Waals surface area contributed by atoms with Gasteiger partial charge in [0.1, 0.15) is 5.60 Å². The van der Waals surface area contributed by atoms with Crippen molar-refractivity contribution in [1.82, 2.24) is 24.6 Å². The highest BCUT2D eigenvalue weighted by Crippen LogP contribution is 2.36. The van der Waals surface area contributed by atoms with E-state index in [1.54, 1.807) is 4.90 Å². The quantitative estimate of drug-likeness (QED) is 0.757. The van der Waals surface area contributed by atoms with Gasteiger partial charge in [-0.1, -0.05) is 19.3 Å². The SMILES string of the molecule is CC(C)(C)OC(=O)N1CCn2c(nnc2C2CCCN2C(=O)C2CCCCC2)C1. The van der Waals surface area contributed by atoms with Crippen molar-refractivity contribution in [2.45, 2.75) is 90.4 Å². The Balaban J connectivity index is 1.47. The van der Waals surface area contributed by atoms with Crippen LogP contribution >= 0.6 is 0 Å². The molecular weight excluding hydrogens is 370 g/mol. The Kier molecular flexibility index (Phi) is 5.53. The smallest absolute Gasteiger partial charge is 0.410 e. The van der Waals surface area contributed by atoms with Gasteiger partial charge < -0.3 is 14.2 Å². The van der Waals surface area contributed by atoms with Gasteiger partial charge >= 0.3 is 6.09 Å². The van der Waals surface area contributed by atoms with Crippen LogP contribution in [0.2, 0.25) is 0 Å². The van der Waals surface area contributed by atoms with E-state index in [1.807, 2.05) is 25.7 Å². The van der Waals surface area contributed by atoms with Crippen molar-refractivity contribution in [2.24, 2.45) is 5.92 Å². The number of likely N-dealkylation sites (tertiary alicyclic amines) is 1. The van der Waals surface area contributed by atoms with Crippen LogP contribution < -0.4 is 0 Å². The molecule has 8 heteroatoms. The lowest BCUT2D eigenvalue weighted by Gasteiger charge is -2.32. The van der Waals surface area contributed by atoms with E-state index < -0.39 is 5.60 Å². The summed E-state index contributed by atoms with van der Waals surface area (Å²) in [7, 11) is 0. The maximum Gasteiger partial charge on any atom is 0.410 e. The Morgan fingerprint density at radius 3 is 2.45 bits per heavy atom. The summed E-state index contributed by atoms with van der Waals surface area (Å²) in [5, 5.41) is 8.83. The van der Waals surface area contributed by atoms with E-state index in [9.17, 15) is 9.59 Å². The lowest BCUT2D eigenvalue weighted by atomic mass is 9.88. The molecule has 1 aliphatic carbocycles. The van der Waals surface area contributed by atoms with E-state index in [0.717, 1.165) is 56.7 Å². The average molecular weight is 404 g/mol. The number of hydrogen-bond donors (Lipinski definition) is 0. The number of carbonyl (C=O) groups excluding carboxylic acids is 2. The number of aromatic nitrogens is 3. The largest absolute Gasteiger partial charge is 0.444 e. The van der Waals surface area contributed by atoms with Gasteiger partial charge in [0.25, 0.3) is 0 Å². The van der Waals surface area contributed by atoms with E-state index in [4.69, 9.17) is 4.74 Å². The molecule has 0 radical (unpaired) electrons. The fourth-order valence-corrected chi connectivity index (χ4v) is 4.79. The van der Waals surface area contributed by atoms with Crippen molar-refractivity contribution in [3.05, 3.63) is 11.6 Å². The molecule has 8 nitrogen and oxygen atoms in total. The molecule has 3 aliphatic rings. The van der Waals surface area contributed by atoms with Crippen LogP contribution in [-0.4, -0.2) is 55.3 Å². The van der Waals surface area contributed by atoms with Crippen molar-refractivity contribution in [1.29, 1.82) is 0 Å². The van der Waals surface area contributed by atoms with Crippen LogP contribution in [0.5, 0.6) is 0 Å². The first-order valence-corrected chi connectivity index (χ1v) is 11.0. The zero-order chi connectivity index (χ0) is 20.6. The highest BCUT2D eigenvalue weighted by molar-refractivity contribution is 5.79. The van der Waals surface area contributed by atoms with Gasteiger partial charge in [0.2, 0.25) is 5.91 Å². The van der Waals surface area contributed by atoms with Gasteiger partial charge in [-0.05, 0) is 46.5 Å². The minimum Gasteiger partial charge on any atom is -0.444 e. The molecule has 1 aromatic rings. The normalized spacial score (nSPS) is 23.2. The Morgan fingerprint density at radius 1 is 0.966 bits per heavy atom. The molecule has 1 unspecified atom stereocenters. The number of hydrogen-bond acceptors (Lipinski definition) is 5. The molecule has 0 spiro atoms. The number of nitrogens with zero attached hydrogens (tertiary/aromatic N) is 5. The zero-order valence-electron chi connectivity index (χ0n) is 17.9. The molecule has 1 saturated carbocycles. The molecule has 4 rings (SSSR count). The van der Waals surface area contributed by atoms with Gasteiger partial charge in [-0.3, -0.25) is 9.69 Å². The summed E-state index contributed by atoms with van der Waals surface area (Å²) in [5.74, 6) is 2.13. The minimum absolute atomic E-state index is 0.0127. The predicted octanol–water partition coefficient (Wildman–Crippen LogP) is 3.27. The summed E-state index contributed by atoms with van der Waals surface area (Å²) in [6.45, 7) is 8.01. The fourth-order valence-electron chi connectivity index (χ4n) is 4.79. The second kappa shape index (κ2) is 7.95. The van der Waals surface area contributed by atoms with Crippen LogP contribution in [0.4, 0.5) is 4.79 Å². The summed E-state index contributed by atoms with van der Waals surface area (Å²) in [6, 6.07) is 0.0127. The van der Waals surface area contributed by atoms with Crippen molar-refractivity contribution >= 4 is 12.0 Å². The molecule has 2 amide bonds. The van der Waals surface area contributed by atoms with Crippen LogP contribution in [0, 0.1) is 5.92 Å². The number of amides is 2. The van der Waals surface area contributed by atoms with Crippen LogP contribution in [0.1, 0.15) is 83.4 Å². The zero-order valence-corrected chi connectivity index (χ0v) is 17.9. The average Bonchev–Trinajstić information content (AvgIpc) is 3.32. The number of ether oxygens (including phenoxy) is 1. The molecule has 1 atom stereocenters. The van der Waals surface area contributed by atoms with Gasteiger partial charge in [0.15, 0.2) is 11.6 Å². The Labute approximate surface area is 172 Å². The molecule has 1 saturated heterocycles. The van der Waals surface area contributed by atoms with Gasteiger partial charge in [0, 0.05) is 25.6 Å². The number of carbonyl (C=O) groups is 2. The molecule has 1 aromatic heterocycles. The highest BCUT2D eigenvalue weighted by atomic mass is 16.6. The van der Waals surface area contributed by atoms with Crippen LogP contribution in [-0.2, 0) is 22.6 Å². The topological polar surface area (TPSA) is 80.6 Å². The third kappa shape index (κ3) is 4.26. The first-order valence-electron chi connectivity index (χ1n) is 11.0. The molecule has 0 bridgehead atoms. The molecule has 3 heterocycles. The lowest BCUT2D eigenvalue weighted by molar-refractivity contribution is -0.137. The van der Waals surface area contributed by atoms with E-state index in [1.165, 1.54) is 6.42 Å². The van der Waals surface area contributed by atoms with Gasteiger partial charge in [-0.25, -0.2) is 4.79 Å². The minimum atomic E-state index is -0.517. The predicted molar refractivity (Wildman–Crippen MR) is 107 cm³/mol. The van der Waals surface area contributed by atoms with E-state index in [-0.39, 0.29) is 18.1 Å². The molecule has 2 fully saturated rings. The molecular formula is C21H33N5O3. The molecule has 160 valence electrons. The summed E-state index contributed by atoms with van der Waals surface area (Å²) in [5.41, 5.74) is -0.517. The first kappa shape index (κ1) is 20.2. The monoisotopic (exact) mass is 403 g/mol. The van der Waals surface area contributed by atoms with Crippen LogP contribution in [0.25, 0.3) is 0 Å². The van der Waals surface area contributed by atoms with E-state index >= 15 is 0 Å². The first-order chi connectivity index (χ1) is 13.8. The highest BCUT2D eigenvalue weighted by Gasteiger charge is 2.38. The molecule has 29 heavy (non-hydrogen) atoms. The van der Waals surface area contributed by atoms with Gasteiger partial charge in [0.05, 0.1) is 12.6 Å². The fraction of sp³-hybridized carbons (Fsp3) is 0.810. The Morgan fingerprint density at radius 2 is 1.72 bits per heavy atom. The molecule has 0 N–H and O–H groups in total. The van der Waals surface area contributed by atoms with Crippen LogP contribution in [0.3, 0.4) is 0 Å². The molecule has 0 aromatic carbocycles. The van der Waals surface area contributed by atoms with Gasteiger partial charge in [-0.2, -0.15) is 0 Å². The third-order valence-corrected chi connectivity index (χ3v) is 6.22. The Bertz CT molecular complexity index is 763. The van der Waals surface area contributed by atoms with Crippen molar-refractivity contribution in [2.75, 3.05) is 13.1 Å². The Hall–Kier alpha value is -2.12. The standard InChI is InChI=1S/C21H33N5O3/c1-21(2,3)29-20(28)24-12-13-26-17(14-24)22-23-18(26)16-10-7-11-25(16)19(27)15-8-5-4-6-9-15/h15-16H,4-14H2,1-3H3. The van der Waals surface area contributed by atoms with Crippen molar-refractivity contribution in [3.8, 4) is 0 Å². The summed E-state index contributed by atoms with van der Waals surface area (Å²) in [4.78, 5) is 29.3. The number of fused-ring (bicyclic) bond motifs is 1. The van der Waals surface area contributed by atoms with Crippen molar-refractivity contribution < 1.29 is 14.3 Å². The second-order valence-electron chi connectivity index (χ2n) is 9.55. The maximum absolute atomic E-state index is 13.1. The van der Waals surface area contributed by atoms with E-state index in [0.29, 0.717) is 25.5 Å². The third-order valence-electron chi connectivity index (χ3n) is 6.22. The maximum atomic E-state index is 13.1. The summed E-state index contributed by atoms with van der Waals surface area (Å²) in [6.07, 6.45) is 7.24. The lowest BCUT2D eigenvalue weighted by Crippen LogP contribution is -2.42. The van der Waals surface area contributed by atoms with Gasteiger partial charge in [-0.15, -0.1) is 10.2 Å². The summed E-state index contributed by atoms with van der Waals surface area (Å²) < 4.78 is 7.60. The van der Waals surface area contributed by atoms with Crippen molar-refractivity contribution in [3.63, 3.8) is 0 Å². The second-order valence-corrected chi connectivity index (χ2v) is 9.55.